The molecule has 0 bridgehead atoms. The van der Waals surface area contributed by atoms with Crippen LogP contribution >= 0.6 is 23.5 Å². The van der Waals surface area contributed by atoms with Gasteiger partial charge in [0.05, 0.1) is 5.69 Å². The van der Waals surface area contributed by atoms with Crippen molar-refractivity contribution >= 4 is 23.5 Å². The standard InChI is InChI=1S/C10H15NS2/c1-2-12-7-8-13-9-10-5-3-4-6-11-10/h3-6H,2,7-9H2,1H3. The summed E-state index contributed by atoms with van der Waals surface area (Å²) in [4.78, 5) is 4.27. The predicted octanol–water partition coefficient (Wildman–Crippen LogP) is 3.07. The Morgan fingerprint density at radius 3 is 2.77 bits per heavy atom. The summed E-state index contributed by atoms with van der Waals surface area (Å²) in [6, 6.07) is 6.09. The van der Waals surface area contributed by atoms with Crippen LogP contribution in [0, 0.1) is 0 Å². The highest BCUT2D eigenvalue weighted by molar-refractivity contribution is 8.02. The normalized spacial score (nSPS) is 10.2. The lowest BCUT2D eigenvalue weighted by Crippen LogP contribution is -1.88. The highest BCUT2D eigenvalue weighted by Gasteiger charge is 1.93. The topological polar surface area (TPSA) is 12.9 Å². The van der Waals surface area contributed by atoms with Crippen molar-refractivity contribution in [2.24, 2.45) is 0 Å². The Kier molecular flexibility index (Phi) is 6.11. The number of aromatic nitrogens is 1. The minimum Gasteiger partial charge on any atom is -0.260 e. The molecule has 0 fully saturated rings. The van der Waals surface area contributed by atoms with Crippen LogP contribution in [0.2, 0.25) is 0 Å². The number of rotatable bonds is 6. The monoisotopic (exact) mass is 213 g/mol. The molecule has 0 aromatic carbocycles. The summed E-state index contributed by atoms with van der Waals surface area (Å²) in [6.45, 7) is 2.20. The first kappa shape index (κ1) is 10.9. The molecule has 0 aliphatic rings. The molecule has 72 valence electrons. The molecule has 0 aliphatic carbocycles. The van der Waals surface area contributed by atoms with Gasteiger partial charge in [-0.1, -0.05) is 13.0 Å². The lowest BCUT2D eigenvalue weighted by atomic mass is 10.4. The maximum absolute atomic E-state index is 4.27. The van der Waals surface area contributed by atoms with Crippen LogP contribution in [-0.4, -0.2) is 22.2 Å². The molecule has 0 radical (unpaired) electrons. The molecule has 0 saturated carbocycles. The Balaban J connectivity index is 2.07. The largest absolute Gasteiger partial charge is 0.260 e. The van der Waals surface area contributed by atoms with Gasteiger partial charge in [0.15, 0.2) is 0 Å². The summed E-state index contributed by atoms with van der Waals surface area (Å²) in [6.07, 6.45) is 1.86. The molecule has 1 aromatic rings. The van der Waals surface area contributed by atoms with E-state index in [1.165, 1.54) is 23.0 Å². The van der Waals surface area contributed by atoms with E-state index in [2.05, 4.69) is 18.0 Å². The summed E-state index contributed by atoms with van der Waals surface area (Å²) in [5, 5.41) is 0. The van der Waals surface area contributed by atoms with Gasteiger partial charge in [0.1, 0.15) is 0 Å². The van der Waals surface area contributed by atoms with Crippen molar-refractivity contribution in [2.75, 3.05) is 17.3 Å². The number of thioether (sulfide) groups is 2. The van der Waals surface area contributed by atoms with Gasteiger partial charge in [-0.2, -0.15) is 23.5 Å². The summed E-state index contributed by atoms with van der Waals surface area (Å²) in [7, 11) is 0. The Labute approximate surface area is 88.7 Å². The molecule has 1 rings (SSSR count). The van der Waals surface area contributed by atoms with E-state index in [4.69, 9.17) is 0 Å². The van der Waals surface area contributed by atoms with E-state index in [-0.39, 0.29) is 0 Å². The van der Waals surface area contributed by atoms with Crippen molar-refractivity contribution in [1.29, 1.82) is 0 Å². The lowest BCUT2D eigenvalue weighted by Gasteiger charge is -1.99. The van der Waals surface area contributed by atoms with Crippen LogP contribution in [0.4, 0.5) is 0 Å². The van der Waals surface area contributed by atoms with E-state index < -0.39 is 0 Å². The summed E-state index contributed by atoms with van der Waals surface area (Å²) in [5.74, 6) is 4.76. The zero-order valence-electron chi connectivity index (χ0n) is 7.90. The van der Waals surface area contributed by atoms with Gasteiger partial charge in [-0.05, 0) is 17.9 Å². The molecule has 0 amide bonds. The molecular weight excluding hydrogens is 198 g/mol. The molecule has 13 heavy (non-hydrogen) atoms. The Morgan fingerprint density at radius 2 is 2.08 bits per heavy atom. The van der Waals surface area contributed by atoms with E-state index in [0.717, 1.165) is 5.75 Å². The van der Waals surface area contributed by atoms with Crippen molar-refractivity contribution in [3.05, 3.63) is 30.1 Å². The SMILES string of the molecule is CCSCCSCc1ccccn1. The van der Waals surface area contributed by atoms with Crippen molar-refractivity contribution in [3.63, 3.8) is 0 Å². The Bertz CT molecular complexity index is 213. The zero-order valence-corrected chi connectivity index (χ0v) is 9.53. The van der Waals surface area contributed by atoms with Gasteiger partial charge < -0.3 is 0 Å². The van der Waals surface area contributed by atoms with Gasteiger partial charge in [0.25, 0.3) is 0 Å². The van der Waals surface area contributed by atoms with Gasteiger partial charge in [0, 0.05) is 23.5 Å². The van der Waals surface area contributed by atoms with Gasteiger partial charge >= 0.3 is 0 Å². The van der Waals surface area contributed by atoms with Crippen molar-refractivity contribution < 1.29 is 0 Å². The fourth-order valence-corrected chi connectivity index (χ4v) is 2.68. The second-order valence-corrected chi connectivity index (χ2v) is 5.07. The molecule has 1 aromatic heterocycles. The first-order valence-corrected chi connectivity index (χ1v) is 6.80. The van der Waals surface area contributed by atoms with E-state index in [1.807, 2.05) is 41.9 Å². The van der Waals surface area contributed by atoms with Crippen LogP contribution in [0.3, 0.4) is 0 Å². The number of hydrogen-bond donors (Lipinski definition) is 0. The van der Waals surface area contributed by atoms with Crippen LogP contribution in [0.25, 0.3) is 0 Å². The van der Waals surface area contributed by atoms with Crippen molar-refractivity contribution in [3.8, 4) is 0 Å². The van der Waals surface area contributed by atoms with Gasteiger partial charge in [-0.15, -0.1) is 0 Å². The average molecular weight is 213 g/mol. The predicted molar refractivity (Wildman–Crippen MR) is 63.4 cm³/mol. The Hall–Kier alpha value is -0.150. The molecule has 3 heteroatoms. The third-order valence-electron chi connectivity index (χ3n) is 1.55. The van der Waals surface area contributed by atoms with E-state index in [0.29, 0.717) is 0 Å². The Morgan fingerprint density at radius 1 is 1.23 bits per heavy atom. The fourth-order valence-electron chi connectivity index (χ4n) is 0.922. The van der Waals surface area contributed by atoms with Crippen LogP contribution in [0.15, 0.2) is 24.4 Å². The molecule has 1 heterocycles. The second kappa shape index (κ2) is 7.27. The number of nitrogens with zero attached hydrogens (tertiary/aromatic N) is 1. The van der Waals surface area contributed by atoms with Gasteiger partial charge in [-0.25, -0.2) is 0 Å². The molecule has 1 nitrogen and oxygen atoms in total. The molecule has 0 aliphatic heterocycles. The highest BCUT2D eigenvalue weighted by atomic mass is 32.2. The third-order valence-corrected chi connectivity index (χ3v) is 3.70. The quantitative estimate of drug-likeness (QED) is 0.674. The molecule has 0 saturated heterocycles. The summed E-state index contributed by atoms with van der Waals surface area (Å²) in [5.41, 5.74) is 1.19. The molecule has 0 N–H and O–H groups in total. The number of hydrogen-bond acceptors (Lipinski definition) is 3. The number of pyridine rings is 1. The second-order valence-electron chi connectivity index (χ2n) is 2.57. The zero-order chi connectivity index (χ0) is 9.36. The van der Waals surface area contributed by atoms with Crippen LogP contribution in [-0.2, 0) is 5.75 Å². The molecule has 0 unspecified atom stereocenters. The summed E-state index contributed by atoms with van der Waals surface area (Å²) >= 11 is 3.96. The van der Waals surface area contributed by atoms with Crippen LogP contribution in [0.5, 0.6) is 0 Å². The first-order valence-electron chi connectivity index (χ1n) is 4.49. The van der Waals surface area contributed by atoms with E-state index in [9.17, 15) is 0 Å². The maximum atomic E-state index is 4.27. The molecule has 0 atom stereocenters. The maximum Gasteiger partial charge on any atom is 0.0502 e. The van der Waals surface area contributed by atoms with Crippen molar-refractivity contribution in [2.45, 2.75) is 12.7 Å². The third kappa shape index (κ3) is 5.21. The lowest BCUT2D eigenvalue weighted by molar-refractivity contribution is 1.17. The highest BCUT2D eigenvalue weighted by Crippen LogP contribution is 2.11. The van der Waals surface area contributed by atoms with Crippen molar-refractivity contribution in [1.82, 2.24) is 4.98 Å². The fraction of sp³-hybridized carbons (Fsp3) is 0.500. The van der Waals surface area contributed by atoms with E-state index >= 15 is 0 Å². The van der Waals surface area contributed by atoms with Gasteiger partial charge in [-0.3, -0.25) is 4.98 Å². The summed E-state index contributed by atoms with van der Waals surface area (Å²) < 4.78 is 0. The molecular formula is C10H15NS2. The van der Waals surface area contributed by atoms with E-state index in [1.54, 1.807) is 0 Å². The van der Waals surface area contributed by atoms with Gasteiger partial charge in [0.2, 0.25) is 0 Å². The van der Waals surface area contributed by atoms with Crippen LogP contribution in [0.1, 0.15) is 12.6 Å². The minimum absolute atomic E-state index is 1.05. The minimum atomic E-state index is 1.05. The molecule has 0 spiro atoms. The average Bonchev–Trinajstić information content (AvgIpc) is 2.19. The smallest absolute Gasteiger partial charge is 0.0502 e. The first-order chi connectivity index (χ1) is 6.43. The van der Waals surface area contributed by atoms with Crippen LogP contribution < -0.4 is 0 Å².